The number of methoxy groups -OCH3 is 1. The average molecular weight is 585 g/mol. The van der Waals surface area contributed by atoms with E-state index in [9.17, 15) is 14.9 Å². The fourth-order valence-corrected chi connectivity index (χ4v) is 5.46. The van der Waals surface area contributed by atoms with Crippen LogP contribution in [0.25, 0.3) is 11.8 Å². The van der Waals surface area contributed by atoms with Crippen LogP contribution in [0.1, 0.15) is 11.1 Å². The molecule has 1 aliphatic heterocycles. The van der Waals surface area contributed by atoms with Gasteiger partial charge in [-0.2, -0.15) is 0 Å². The maximum atomic E-state index is 13.7. The number of nitro benzene ring substituents is 1. The third-order valence-electron chi connectivity index (χ3n) is 5.93. The highest BCUT2D eigenvalue weighted by Crippen LogP contribution is 2.37. The Kier molecular flexibility index (Phi) is 7.44. The summed E-state index contributed by atoms with van der Waals surface area (Å²) < 4.78 is 6.13. The van der Waals surface area contributed by atoms with Gasteiger partial charge in [-0.25, -0.2) is 0 Å². The predicted molar refractivity (Wildman–Crippen MR) is 154 cm³/mol. The first-order valence-corrected chi connectivity index (χ1v) is 13.2. The van der Waals surface area contributed by atoms with Gasteiger partial charge < -0.3 is 4.74 Å². The van der Waals surface area contributed by atoms with Crippen molar-refractivity contribution in [3.05, 3.63) is 134 Å². The van der Waals surface area contributed by atoms with E-state index >= 15 is 0 Å². The van der Waals surface area contributed by atoms with Gasteiger partial charge >= 0.3 is 0 Å². The second-order valence-corrected chi connectivity index (χ2v) is 10.4. The summed E-state index contributed by atoms with van der Waals surface area (Å²) in [6, 6.07) is 29.6. The van der Waals surface area contributed by atoms with Gasteiger partial charge in [0, 0.05) is 33.2 Å². The zero-order valence-corrected chi connectivity index (χ0v) is 22.6. The van der Waals surface area contributed by atoms with E-state index in [0.717, 1.165) is 42.5 Å². The smallest absolute Gasteiger partial charge is 0.269 e. The van der Waals surface area contributed by atoms with Crippen molar-refractivity contribution in [2.75, 3.05) is 12.0 Å². The molecule has 0 atom stereocenters. The van der Waals surface area contributed by atoms with E-state index < -0.39 is 4.92 Å². The van der Waals surface area contributed by atoms with Crippen LogP contribution in [0, 0.1) is 10.1 Å². The highest BCUT2D eigenvalue weighted by atomic mass is 79.9. The number of ether oxygens (including phenoxy) is 1. The molecule has 0 fully saturated rings. The Labute approximate surface area is 232 Å². The van der Waals surface area contributed by atoms with Crippen molar-refractivity contribution in [3.8, 4) is 5.75 Å². The Balaban J connectivity index is 1.45. The fraction of sp³-hybridized carbons (Fsp3) is 0.0333. The molecule has 0 saturated heterocycles. The van der Waals surface area contributed by atoms with Crippen molar-refractivity contribution in [2.24, 2.45) is 0 Å². The Morgan fingerprint density at radius 3 is 2.18 bits per heavy atom. The van der Waals surface area contributed by atoms with Gasteiger partial charge in [-0.3, -0.25) is 19.8 Å². The molecule has 188 valence electrons. The van der Waals surface area contributed by atoms with Gasteiger partial charge in [0.25, 0.3) is 11.6 Å². The molecule has 4 aromatic carbocycles. The number of halogens is 1. The molecule has 0 N–H and O–H groups in total. The third-order valence-corrected chi connectivity index (χ3v) is 7.56. The SMILES string of the molecule is COc1ccc(C=C2C=C(c3ccccc3)N(c3ccc(Sc4ccc([N+](=O)[O-])cc4)cc3)C2=O)cc1Br. The lowest BCUT2D eigenvalue weighted by Crippen LogP contribution is -2.24. The molecule has 5 rings (SSSR count). The monoisotopic (exact) mass is 584 g/mol. The normalized spacial score (nSPS) is 14.1. The van der Waals surface area contributed by atoms with Crippen LogP contribution in [-0.4, -0.2) is 17.9 Å². The first kappa shape index (κ1) is 25.5. The van der Waals surface area contributed by atoms with Crippen LogP contribution in [-0.2, 0) is 4.79 Å². The minimum atomic E-state index is -0.412. The number of amides is 1. The first-order valence-electron chi connectivity index (χ1n) is 11.6. The van der Waals surface area contributed by atoms with Gasteiger partial charge in [-0.15, -0.1) is 0 Å². The minimum absolute atomic E-state index is 0.0586. The Morgan fingerprint density at radius 2 is 1.58 bits per heavy atom. The maximum absolute atomic E-state index is 13.7. The zero-order valence-electron chi connectivity index (χ0n) is 20.2. The molecular formula is C30H21BrN2O4S. The zero-order chi connectivity index (χ0) is 26.6. The van der Waals surface area contributed by atoms with Crippen LogP contribution in [0.2, 0.25) is 0 Å². The van der Waals surface area contributed by atoms with Gasteiger partial charge in [-0.1, -0.05) is 48.2 Å². The molecule has 8 heteroatoms. The number of carbonyl (C=O) groups is 1. The molecule has 0 aliphatic carbocycles. The largest absolute Gasteiger partial charge is 0.496 e. The van der Waals surface area contributed by atoms with Gasteiger partial charge in [-0.05, 0) is 87.7 Å². The van der Waals surface area contributed by atoms with E-state index in [1.807, 2.05) is 84.9 Å². The maximum Gasteiger partial charge on any atom is 0.269 e. The number of non-ortho nitro benzene ring substituents is 1. The van der Waals surface area contributed by atoms with Crippen LogP contribution in [0.15, 0.2) is 123 Å². The number of benzene rings is 4. The lowest BCUT2D eigenvalue weighted by molar-refractivity contribution is -0.384. The third kappa shape index (κ3) is 5.41. The highest BCUT2D eigenvalue weighted by Gasteiger charge is 2.30. The molecule has 0 aromatic heterocycles. The molecule has 0 saturated carbocycles. The summed E-state index contributed by atoms with van der Waals surface area (Å²) in [4.78, 5) is 27.7. The number of nitro groups is 1. The standard InChI is InChI=1S/C30H21BrN2O4S/c1-37-29-16-7-20(18-27(29)31)17-22-19-28(21-5-3-2-4-6-21)32(30(22)34)23-8-12-25(13-9-23)38-26-14-10-24(11-15-26)33(35)36/h2-19H,1H3. The summed E-state index contributed by atoms with van der Waals surface area (Å²) in [5.41, 5.74) is 3.99. The van der Waals surface area contributed by atoms with Crippen molar-refractivity contribution in [1.82, 2.24) is 0 Å². The Morgan fingerprint density at radius 1 is 0.921 bits per heavy atom. The van der Waals surface area contributed by atoms with E-state index in [-0.39, 0.29) is 11.6 Å². The van der Waals surface area contributed by atoms with Crippen molar-refractivity contribution in [2.45, 2.75) is 9.79 Å². The highest BCUT2D eigenvalue weighted by molar-refractivity contribution is 9.10. The van der Waals surface area contributed by atoms with Crippen LogP contribution >= 0.6 is 27.7 Å². The molecular weight excluding hydrogens is 564 g/mol. The predicted octanol–water partition coefficient (Wildman–Crippen LogP) is 7.99. The molecule has 1 heterocycles. The summed E-state index contributed by atoms with van der Waals surface area (Å²) in [6.07, 6.45) is 3.78. The van der Waals surface area contributed by atoms with E-state index in [1.165, 1.54) is 23.9 Å². The number of carbonyl (C=O) groups excluding carboxylic acids is 1. The summed E-state index contributed by atoms with van der Waals surface area (Å²) in [7, 11) is 1.61. The van der Waals surface area contributed by atoms with E-state index in [0.29, 0.717) is 5.57 Å². The molecule has 6 nitrogen and oxygen atoms in total. The van der Waals surface area contributed by atoms with Gasteiger partial charge in [0.15, 0.2) is 0 Å². The number of hydrogen-bond donors (Lipinski definition) is 0. The molecule has 38 heavy (non-hydrogen) atoms. The molecule has 1 amide bonds. The minimum Gasteiger partial charge on any atom is -0.496 e. The van der Waals surface area contributed by atoms with Crippen LogP contribution < -0.4 is 9.64 Å². The second-order valence-electron chi connectivity index (χ2n) is 8.38. The second kappa shape index (κ2) is 11.1. The van der Waals surface area contributed by atoms with E-state index in [1.54, 1.807) is 24.1 Å². The van der Waals surface area contributed by atoms with Crippen LogP contribution in [0.3, 0.4) is 0 Å². The summed E-state index contributed by atoms with van der Waals surface area (Å²) in [5.74, 6) is 0.602. The Hall–Kier alpha value is -4.14. The van der Waals surface area contributed by atoms with Crippen molar-refractivity contribution >= 4 is 56.7 Å². The van der Waals surface area contributed by atoms with Gasteiger partial charge in [0.2, 0.25) is 0 Å². The number of nitrogens with zero attached hydrogens (tertiary/aromatic N) is 2. The lowest BCUT2D eigenvalue weighted by Gasteiger charge is -2.21. The van der Waals surface area contributed by atoms with E-state index in [4.69, 9.17) is 4.74 Å². The summed E-state index contributed by atoms with van der Waals surface area (Å²) >= 11 is 5.01. The van der Waals surface area contributed by atoms with Crippen molar-refractivity contribution in [1.29, 1.82) is 0 Å². The molecule has 0 bridgehead atoms. The average Bonchev–Trinajstić information content (AvgIpc) is 3.25. The number of hydrogen-bond acceptors (Lipinski definition) is 5. The van der Waals surface area contributed by atoms with Crippen molar-refractivity contribution in [3.63, 3.8) is 0 Å². The quantitative estimate of drug-likeness (QED) is 0.125. The van der Waals surface area contributed by atoms with Crippen LogP contribution in [0.5, 0.6) is 5.75 Å². The topological polar surface area (TPSA) is 72.7 Å². The lowest BCUT2D eigenvalue weighted by atomic mass is 10.1. The number of anilines is 1. The van der Waals surface area contributed by atoms with Crippen LogP contribution in [0.4, 0.5) is 11.4 Å². The molecule has 1 aliphatic rings. The molecule has 4 aromatic rings. The molecule has 0 unspecified atom stereocenters. The summed E-state index contributed by atoms with van der Waals surface area (Å²) in [6.45, 7) is 0. The number of rotatable bonds is 7. The first-order chi connectivity index (χ1) is 18.4. The Bertz CT molecular complexity index is 1570. The van der Waals surface area contributed by atoms with Gasteiger partial charge in [0.1, 0.15) is 5.75 Å². The molecule has 0 spiro atoms. The van der Waals surface area contributed by atoms with E-state index in [2.05, 4.69) is 15.9 Å². The molecule has 0 radical (unpaired) electrons. The van der Waals surface area contributed by atoms with Gasteiger partial charge in [0.05, 0.1) is 22.2 Å². The fourth-order valence-electron chi connectivity index (χ4n) is 4.08. The summed E-state index contributed by atoms with van der Waals surface area (Å²) in [5, 5.41) is 10.9. The van der Waals surface area contributed by atoms with Crippen molar-refractivity contribution < 1.29 is 14.5 Å².